The molecule has 1 heterocycles. The second kappa shape index (κ2) is 11.9. The molecule has 0 fully saturated rings. The van der Waals surface area contributed by atoms with Crippen molar-refractivity contribution in [3.63, 3.8) is 0 Å². The standard InChI is InChI=1S/C33H24ClF3N4O3/c1-19-14-25(32(33(35,36)37)17-28(41-44-32)21-10-12-26(34)13-11-21)15-20(2)29(19)40-31(43)23-8-9-24(18-38)27(16-23)39-30(42)22-6-4-3-5-7-22/h3-16H,17H2,1-2H3,(H,39,42)(H,40,43). The summed E-state index contributed by atoms with van der Waals surface area (Å²) < 4.78 is 43.8. The van der Waals surface area contributed by atoms with E-state index >= 15 is 0 Å². The second-order valence-electron chi connectivity index (χ2n) is 10.3. The van der Waals surface area contributed by atoms with Crippen LogP contribution in [0.2, 0.25) is 5.02 Å². The third-order valence-corrected chi connectivity index (χ3v) is 7.54. The van der Waals surface area contributed by atoms with Crippen molar-refractivity contribution in [1.29, 1.82) is 5.26 Å². The lowest BCUT2D eigenvalue weighted by Gasteiger charge is -2.30. The van der Waals surface area contributed by atoms with Crippen LogP contribution in [0.3, 0.4) is 0 Å². The van der Waals surface area contributed by atoms with E-state index in [9.17, 15) is 28.0 Å². The van der Waals surface area contributed by atoms with Gasteiger partial charge in [0.1, 0.15) is 6.07 Å². The maximum absolute atomic E-state index is 14.6. The molecule has 4 aromatic rings. The Morgan fingerprint density at radius 3 is 2.16 bits per heavy atom. The Kier molecular flexibility index (Phi) is 8.17. The molecule has 11 heteroatoms. The maximum atomic E-state index is 14.6. The van der Waals surface area contributed by atoms with Gasteiger partial charge in [-0.2, -0.15) is 18.4 Å². The van der Waals surface area contributed by atoms with Gasteiger partial charge < -0.3 is 15.5 Å². The Bertz CT molecular complexity index is 1810. The van der Waals surface area contributed by atoms with Gasteiger partial charge in [-0.25, -0.2) is 0 Å². The number of benzene rings is 4. The Labute approximate surface area is 255 Å². The minimum atomic E-state index is -4.81. The zero-order valence-electron chi connectivity index (χ0n) is 23.4. The number of oxime groups is 1. The highest BCUT2D eigenvalue weighted by molar-refractivity contribution is 6.30. The topological polar surface area (TPSA) is 104 Å². The minimum Gasteiger partial charge on any atom is -0.374 e. The molecule has 0 radical (unpaired) electrons. The van der Waals surface area contributed by atoms with Crippen molar-refractivity contribution in [2.24, 2.45) is 5.16 Å². The number of nitriles is 1. The van der Waals surface area contributed by atoms with E-state index in [0.29, 0.717) is 33.0 Å². The summed E-state index contributed by atoms with van der Waals surface area (Å²) in [6.45, 7) is 3.16. The molecule has 1 aliphatic rings. The first kappa shape index (κ1) is 30.3. The molecule has 5 rings (SSSR count). The van der Waals surface area contributed by atoms with Crippen LogP contribution in [0.1, 0.15) is 55.0 Å². The molecule has 44 heavy (non-hydrogen) atoms. The van der Waals surface area contributed by atoms with Crippen LogP contribution in [-0.4, -0.2) is 23.7 Å². The molecule has 2 amide bonds. The van der Waals surface area contributed by atoms with Crippen LogP contribution in [0, 0.1) is 25.2 Å². The summed E-state index contributed by atoms with van der Waals surface area (Å²) in [6.07, 6.45) is -5.36. The Morgan fingerprint density at radius 1 is 0.909 bits per heavy atom. The largest absolute Gasteiger partial charge is 0.435 e. The number of alkyl halides is 3. The first-order valence-electron chi connectivity index (χ1n) is 13.3. The average Bonchev–Trinajstić information content (AvgIpc) is 3.47. The Balaban J connectivity index is 1.40. The molecule has 0 aromatic heterocycles. The van der Waals surface area contributed by atoms with Gasteiger partial charge in [-0.05, 0) is 85.1 Å². The van der Waals surface area contributed by atoms with Crippen LogP contribution in [0.25, 0.3) is 0 Å². The molecule has 2 N–H and O–H groups in total. The smallest absolute Gasteiger partial charge is 0.374 e. The van der Waals surface area contributed by atoms with E-state index in [0.717, 1.165) is 0 Å². The predicted octanol–water partition coefficient (Wildman–Crippen LogP) is 7.92. The molecule has 222 valence electrons. The van der Waals surface area contributed by atoms with E-state index < -0.39 is 30.0 Å². The fourth-order valence-corrected chi connectivity index (χ4v) is 5.08. The van der Waals surface area contributed by atoms with Crippen LogP contribution in [0.4, 0.5) is 24.5 Å². The van der Waals surface area contributed by atoms with Gasteiger partial charge in [-0.1, -0.05) is 47.1 Å². The van der Waals surface area contributed by atoms with Crippen LogP contribution >= 0.6 is 11.6 Å². The third kappa shape index (κ3) is 5.87. The highest BCUT2D eigenvalue weighted by Gasteiger charge is 2.62. The van der Waals surface area contributed by atoms with E-state index in [1.54, 1.807) is 68.4 Å². The number of aryl methyl sites for hydroxylation is 2. The molecule has 4 aromatic carbocycles. The van der Waals surface area contributed by atoms with Crippen LogP contribution in [0.5, 0.6) is 0 Å². The summed E-state index contributed by atoms with van der Waals surface area (Å²) in [5, 5.41) is 19.2. The maximum Gasteiger partial charge on any atom is 0.435 e. The summed E-state index contributed by atoms with van der Waals surface area (Å²) in [5.41, 5.74) is -0.466. The van der Waals surface area contributed by atoms with Gasteiger partial charge in [0.05, 0.1) is 17.0 Å². The van der Waals surface area contributed by atoms with Crippen molar-refractivity contribution in [3.8, 4) is 6.07 Å². The third-order valence-electron chi connectivity index (χ3n) is 7.29. The molecular weight excluding hydrogens is 593 g/mol. The van der Waals surface area contributed by atoms with Crippen molar-refractivity contribution in [2.45, 2.75) is 32.0 Å². The van der Waals surface area contributed by atoms with Gasteiger partial charge >= 0.3 is 6.18 Å². The molecule has 0 spiro atoms. The van der Waals surface area contributed by atoms with Gasteiger partial charge in [0.15, 0.2) is 0 Å². The lowest BCUT2D eigenvalue weighted by Crippen LogP contribution is -2.42. The number of nitrogens with zero attached hydrogens (tertiary/aromatic N) is 2. The molecule has 1 aliphatic heterocycles. The quantitative estimate of drug-likeness (QED) is 0.230. The van der Waals surface area contributed by atoms with E-state index in [2.05, 4.69) is 15.8 Å². The van der Waals surface area contributed by atoms with Gasteiger partial charge in [0, 0.05) is 33.8 Å². The number of carbonyl (C=O) groups excluding carboxylic acids is 2. The van der Waals surface area contributed by atoms with Crippen LogP contribution < -0.4 is 10.6 Å². The molecular formula is C33H24ClF3N4O3. The van der Waals surface area contributed by atoms with Crippen molar-refractivity contribution in [2.75, 3.05) is 10.6 Å². The van der Waals surface area contributed by atoms with E-state index in [1.165, 1.54) is 30.3 Å². The van der Waals surface area contributed by atoms with E-state index in [1.807, 2.05) is 6.07 Å². The van der Waals surface area contributed by atoms with Crippen LogP contribution in [-0.2, 0) is 10.4 Å². The van der Waals surface area contributed by atoms with Gasteiger partial charge in [0.2, 0.25) is 0 Å². The predicted molar refractivity (Wildman–Crippen MR) is 161 cm³/mol. The van der Waals surface area contributed by atoms with Gasteiger partial charge in [-0.15, -0.1) is 0 Å². The number of amides is 2. The fourth-order valence-electron chi connectivity index (χ4n) is 4.95. The number of hydrogen-bond donors (Lipinski definition) is 2. The Morgan fingerprint density at radius 2 is 1.55 bits per heavy atom. The molecule has 7 nitrogen and oxygen atoms in total. The summed E-state index contributed by atoms with van der Waals surface area (Å²) >= 11 is 5.92. The fraction of sp³-hybridized carbons (Fsp3) is 0.152. The highest BCUT2D eigenvalue weighted by atomic mass is 35.5. The van der Waals surface area contributed by atoms with Gasteiger partial charge in [-0.3, -0.25) is 9.59 Å². The first-order chi connectivity index (χ1) is 20.9. The lowest BCUT2D eigenvalue weighted by molar-refractivity contribution is -0.275. The summed E-state index contributed by atoms with van der Waals surface area (Å²) in [4.78, 5) is 31.1. The van der Waals surface area contributed by atoms with Crippen molar-refractivity contribution < 1.29 is 27.6 Å². The molecule has 0 saturated carbocycles. The van der Waals surface area contributed by atoms with Crippen molar-refractivity contribution >= 4 is 40.5 Å². The average molecular weight is 617 g/mol. The lowest BCUT2D eigenvalue weighted by atomic mass is 9.84. The molecule has 1 unspecified atom stereocenters. The zero-order chi connectivity index (χ0) is 31.6. The number of nitrogens with one attached hydrogen (secondary N) is 2. The van der Waals surface area contributed by atoms with Gasteiger partial charge in [0.25, 0.3) is 17.4 Å². The highest BCUT2D eigenvalue weighted by Crippen LogP contribution is 2.49. The number of anilines is 2. The summed E-state index contributed by atoms with van der Waals surface area (Å²) in [6, 6.07) is 23.5. The number of rotatable bonds is 6. The first-order valence-corrected chi connectivity index (χ1v) is 13.7. The Hall–Kier alpha value is -5.14. The van der Waals surface area contributed by atoms with Crippen molar-refractivity contribution in [1.82, 2.24) is 0 Å². The van der Waals surface area contributed by atoms with Crippen molar-refractivity contribution in [3.05, 3.63) is 129 Å². The minimum absolute atomic E-state index is 0.127. The molecule has 0 bridgehead atoms. The summed E-state index contributed by atoms with van der Waals surface area (Å²) in [7, 11) is 0. The van der Waals surface area contributed by atoms with E-state index in [4.69, 9.17) is 16.4 Å². The van der Waals surface area contributed by atoms with E-state index in [-0.39, 0.29) is 28.1 Å². The monoisotopic (exact) mass is 616 g/mol. The van der Waals surface area contributed by atoms with Crippen LogP contribution in [0.15, 0.2) is 90.1 Å². The molecule has 0 aliphatic carbocycles. The SMILES string of the molecule is Cc1cc(C2(C(F)(F)F)CC(c3ccc(Cl)cc3)=NO2)cc(C)c1NC(=O)c1ccc(C#N)c(NC(=O)c2ccccc2)c1. The second-order valence-corrected chi connectivity index (χ2v) is 10.7. The number of carbonyl (C=O) groups is 2. The molecule has 0 saturated heterocycles. The molecule has 1 atom stereocenters. The zero-order valence-corrected chi connectivity index (χ0v) is 24.2. The summed E-state index contributed by atoms with van der Waals surface area (Å²) in [5.74, 6) is -1.04. The normalized spacial score (nSPS) is 16.0. The number of halogens is 4. The number of hydrogen-bond acceptors (Lipinski definition) is 5.